The molecule has 9 heteroatoms. The normalized spacial score (nSPS) is 10.2. The van der Waals surface area contributed by atoms with E-state index >= 15 is 0 Å². The van der Waals surface area contributed by atoms with Gasteiger partial charge in [0.05, 0.1) is 0 Å². The number of carboxylic acid groups (broad SMARTS) is 1. The van der Waals surface area contributed by atoms with Crippen molar-refractivity contribution in [2.24, 2.45) is 0 Å². The molecule has 0 aliphatic heterocycles. The van der Waals surface area contributed by atoms with Crippen LogP contribution in [0.4, 0.5) is 0 Å². The van der Waals surface area contributed by atoms with Crippen molar-refractivity contribution >= 4 is 11.9 Å². The van der Waals surface area contributed by atoms with E-state index in [4.69, 9.17) is 5.11 Å². The van der Waals surface area contributed by atoms with Crippen molar-refractivity contribution in [3.63, 3.8) is 0 Å². The van der Waals surface area contributed by atoms with Crippen molar-refractivity contribution in [2.75, 3.05) is 6.54 Å². The summed E-state index contributed by atoms with van der Waals surface area (Å²) in [6, 6.07) is 1.05. The van der Waals surface area contributed by atoms with Crippen LogP contribution in [0.5, 0.6) is 0 Å². The monoisotopic (exact) mass is 252 g/mol. The lowest BCUT2D eigenvalue weighted by atomic mass is 10.3. The average Bonchev–Trinajstić information content (AvgIpc) is 2.99. The summed E-state index contributed by atoms with van der Waals surface area (Å²) in [6.07, 6.45) is 1.58. The van der Waals surface area contributed by atoms with Crippen LogP contribution in [-0.4, -0.2) is 38.8 Å². The van der Waals surface area contributed by atoms with Crippen LogP contribution in [0.1, 0.15) is 26.9 Å². The minimum atomic E-state index is -1.28. The fourth-order valence-electron chi connectivity index (χ4n) is 1.16. The second kappa shape index (κ2) is 5.08. The lowest BCUT2D eigenvalue weighted by molar-refractivity contribution is 0.0651. The first-order chi connectivity index (χ1) is 8.66. The molecule has 2 N–H and O–H groups in total. The second-order valence-electron chi connectivity index (χ2n) is 3.23. The van der Waals surface area contributed by atoms with Gasteiger partial charge in [-0.15, -0.1) is 0 Å². The van der Waals surface area contributed by atoms with Gasteiger partial charge >= 0.3 is 5.97 Å². The molecule has 0 bridgehead atoms. The van der Waals surface area contributed by atoms with Crippen LogP contribution < -0.4 is 5.32 Å². The molecule has 0 saturated carbocycles. The molecule has 1 amide bonds. The van der Waals surface area contributed by atoms with Gasteiger partial charge in [-0.1, -0.05) is 10.3 Å². The Labute approximate surface area is 99.8 Å². The Bertz CT molecular complexity index is 547. The van der Waals surface area contributed by atoms with Crippen molar-refractivity contribution in [1.82, 2.24) is 20.6 Å². The highest BCUT2D eigenvalue weighted by atomic mass is 16.5. The van der Waals surface area contributed by atoms with Crippen molar-refractivity contribution in [2.45, 2.75) is 6.42 Å². The largest absolute Gasteiger partial charge is 0.475 e. The SMILES string of the molecule is O=C(NCCc1ncon1)c1cc(C(=O)O)on1. The molecule has 2 rings (SSSR count). The highest BCUT2D eigenvalue weighted by Gasteiger charge is 2.16. The standard InChI is InChI=1S/C9H8N4O5/c14-8(5-3-6(9(15)16)18-12-5)10-2-1-7-11-4-17-13-7/h3-4H,1-2H2,(H,10,14)(H,15,16). The lowest BCUT2D eigenvalue weighted by Crippen LogP contribution is -2.26. The highest BCUT2D eigenvalue weighted by molar-refractivity contribution is 5.94. The quantitative estimate of drug-likeness (QED) is 0.743. The van der Waals surface area contributed by atoms with E-state index < -0.39 is 17.6 Å². The average molecular weight is 252 g/mol. The third-order valence-electron chi connectivity index (χ3n) is 1.99. The van der Waals surface area contributed by atoms with Crippen molar-refractivity contribution in [3.8, 4) is 0 Å². The predicted octanol–water partition coefficient (Wildman–Crippen LogP) is -0.272. The fraction of sp³-hybridized carbons (Fsp3) is 0.222. The maximum atomic E-state index is 11.5. The van der Waals surface area contributed by atoms with E-state index in [0.717, 1.165) is 6.07 Å². The number of hydrogen-bond acceptors (Lipinski definition) is 7. The Balaban J connectivity index is 1.85. The zero-order valence-corrected chi connectivity index (χ0v) is 8.99. The Kier molecular flexibility index (Phi) is 3.32. The molecule has 0 aliphatic rings. The Morgan fingerprint density at radius 2 is 2.22 bits per heavy atom. The van der Waals surface area contributed by atoms with E-state index in [1.807, 2.05) is 0 Å². The van der Waals surface area contributed by atoms with Gasteiger partial charge < -0.3 is 19.5 Å². The zero-order chi connectivity index (χ0) is 13.0. The summed E-state index contributed by atoms with van der Waals surface area (Å²) in [6.45, 7) is 0.271. The number of rotatable bonds is 5. The van der Waals surface area contributed by atoms with Gasteiger partial charge in [-0.05, 0) is 0 Å². The number of amides is 1. The molecule has 0 aliphatic carbocycles. The molecule has 0 unspecified atom stereocenters. The number of carboxylic acids is 1. The number of carbonyl (C=O) groups is 2. The maximum Gasteiger partial charge on any atom is 0.374 e. The van der Waals surface area contributed by atoms with Gasteiger partial charge in [-0.3, -0.25) is 4.79 Å². The van der Waals surface area contributed by atoms with Gasteiger partial charge in [-0.25, -0.2) is 4.79 Å². The minimum Gasteiger partial charge on any atom is -0.475 e. The first-order valence-corrected chi connectivity index (χ1v) is 4.90. The summed E-state index contributed by atoms with van der Waals surface area (Å²) >= 11 is 0. The van der Waals surface area contributed by atoms with Gasteiger partial charge in [0.2, 0.25) is 12.2 Å². The van der Waals surface area contributed by atoms with Crippen molar-refractivity contribution in [1.29, 1.82) is 0 Å². The van der Waals surface area contributed by atoms with Gasteiger partial charge in [0, 0.05) is 19.0 Å². The first-order valence-electron chi connectivity index (χ1n) is 4.90. The van der Waals surface area contributed by atoms with Crippen LogP contribution in [0.3, 0.4) is 0 Å². The molecule has 0 atom stereocenters. The second-order valence-corrected chi connectivity index (χ2v) is 3.23. The Morgan fingerprint density at radius 1 is 1.39 bits per heavy atom. The third-order valence-corrected chi connectivity index (χ3v) is 1.99. The summed E-state index contributed by atoms with van der Waals surface area (Å²) in [7, 11) is 0. The molecule has 0 radical (unpaired) electrons. The van der Waals surface area contributed by atoms with Gasteiger partial charge in [0.1, 0.15) is 0 Å². The Morgan fingerprint density at radius 3 is 2.83 bits per heavy atom. The summed E-state index contributed by atoms with van der Waals surface area (Å²) in [4.78, 5) is 25.8. The predicted molar refractivity (Wildman–Crippen MR) is 53.8 cm³/mol. The molecular weight excluding hydrogens is 244 g/mol. The number of carbonyl (C=O) groups excluding carboxylic acids is 1. The summed E-state index contributed by atoms with van der Waals surface area (Å²) < 4.78 is 8.97. The molecule has 94 valence electrons. The third kappa shape index (κ3) is 2.70. The smallest absolute Gasteiger partial charge is 0.374 e. The van der Waals surface area contributed by atoms with Crippen LogP contribution in [0.2, 0.25) is 0 Å². The molecular formula is C9H8N4O5. The molecule has 0 saturated heterocycles. The van der Waals surface area contributed by atoms with Gasteiger partial charge in [0.15, 0.2) is 11.5 Å². The molecule has 2 aromatic heterocycles. The number of aromatic nitrogens is 3. The highest BCUT2D eigenvalue weighted by Crippen LogP contribution is 2.03. The molecule has 2 aromatic rings. The topological polar surface area (TPSA) is 131 Å². The van der Waals surface area contributed by atoms with Crippen LogP contribution >= 0.6 is 0 Å². The van der Waals surface area contributed by atoms with Crippen LogP contribution in [0, 0.1) is 0 Å². The van der Waals surface area contributed by atoms with Crippen LogP contribution in [0.25, 0.3) is 0 Å². The first kappa shape index (κ1) is 11.8. The van der Waals surface area contributed by atoms with Gasteiger partial charge in [0.25, 0.3) is 5.91 Å². The van der Waals surface area contributed by atoms with E-state index in [-0.39, 0.29) is 12.2 Å². The molecule has 0 spiro atoms. The van der Waals surface area contributed by atoms with E-state index in [2.05, 4.69) is 29.7 Å². The zero-order valence-electron chi connectivity index (χ0n) is 8.99. The number of aromatic carboxylic acids is 1. The molecule has 0 fully saturated rings. The molecule has 18 heavy (non-hydrogen) atoms. The summed E-state index contributed by atoms with van der Waals surface area (Å²) in [5.41, 5.74) is -0.0967. The van der Waals surface area contributed by atoms with Crippen molar-refractivity contribution in [3.05, 3.63) is 29.7 Å². The lowest BCUT2D eigenvalue weighted by Gasteiger charge is -1.98. The molecule has 2 heterocycles. The van der Waals surface area contributed by atoms with E-state index in [0.29, 0.717) is 12.2 Å². The van der Waals surface area contributed by atoms with E-state index in [1.165, 1.54) is 6.39 Å². The Hall–Kier alpha value is -2.71. The molecule has 9 nitrogen and oxygen atoms in total. The van der Waals surface area contributed by atoms with E-state index in [9.17, 15) is 9.59 Å². The maximum absolute atomic E-state index is 11.5. The summed E-state index contributed by atoms with van der Waals surface area (Å²) in [5, 5.41) is 18.0. The number of hydrogen-bond donors (Lipinski definition) is 2. The van der Waals surface area contributed by atoms with Crippen LogP contribution in [-0.2, 0) is 6.42 Å². The van der Waals surface area contributed by atoms with Crippen LogP contribution in [0.15, 0.2) is 21.5 Å². The van der Waals surface area contributed by atoms with Gasteiger partial charge in [-0.2, -0.15) is 4.98 Å². The number of nitrogens with zero attached hydrogens (tertiary/aromatic N) is 3. The molecule has 0 aromatic carbocycles. The minimum absolute atomic E-state index is 0.0967. The van der Waals surface area contributed by atoms with E-state index in [1.54, 1.807) is 0 Å². The number of nitrogens with one attached hydrogen (secondary N) is 1. The fourth-order valence-corrected chi connectivity index (χ4v) is 1.16. The summed E-state index contributed by atoms with van der Waals surface area (Å²) in [5.74, 6) is -1.75. The van der Waals surface area contributed by atoms with Crippen molar-refractivity contribution < 1.29 is 23.7 Å².